The number of Topliss-reactive ketones (excluding diaryl/α,β-unsaturated/α-hetero) is 1. The van der Waals surface area contributed by atoms with E-state index in [1.807, 2.05) is 23.5 Å². The molecule has 0 saturated carbocycles. The Morgan fingerprint density at radius 3 is 2.65 bits per heavy atom. The van der Waals surface area contributed by atoms with Crippen LogP contribution in [-0.2, 0) is 41.1 Å². The van der Waals surface area contributed by atoms with E-state index < -0.39 is 5.91 Å². The number of allylic oxidation sites excluding steroid dienone is 5. The van der Waals surface area contributed by atoms with Gasteiger partial charge in [0.2, 0.25) is 0 Å². The van der Waals surface area contributed by atoms with Crippen molar-refractivity contribution in [3.8, 4) is 0 Å². The predicted molar refractivity (Wildman–Crippen MR) is 94.7 cm³/mol. The Hall–Kier alpha value is -1.68. The molecule has 0 fully saturated rings. The second-order valence-corrected chi connectivity index (χ2v) is 7.37. The quantitative estimate of drug-likeness (QED) is 0.218. The van der Waals surface area contributed by atoms with E-state index in [4.69, 9.17) is 5.73 Å². The first kappa shape index (κ1) is 22.4. The van der Waals surface area contributed by atoms with Crippen LogP contribution in [0.5, 0.6) is 0 Å². The Morgan fingerprint density at radius 2 is 2.12 bits per heavy atom. The van der Waals surface area contributed by atoms with Crippen molar-refractivity contribution in [3.05, 3.63) is 65.2 Å². The number of aromatic nitrogens is 2. The number of hydrogen-bond acceptors (Lipinski definition) is 3. The number of nitrogens with two attached hydrogens (primary N) is 1. The summed E-state index contributed by atoms with van der Waals surface area (Å²) in [6.45, 7) is 5.29. The number of nitrogens with zero attached hydrogens (tertiary/aromatic N) is 2. The van der Waals surface area contributed by atoms with Crippen molar-refractivity contribution in [1.82, 2.24) is 9.78 Å². The van der Waals surface area contributed by atoms with Gasteiger partial charge in [-0.05, 0) is 0 Å². The number of primary amides is 1. The fourth-order valence-corrected chi connectivity index (χ4v) is 2.62. The monoisotopic (exact) mass is 556 g/mol. The summed E-state index contributed by atoms with van der Waals surface area (Å²) < 4.78 is 4.24. The number of hydrogen-bond donors (Lipinski definition) is 1. The summed E-state index contributed by atoms with van der Waals surface area (Å²) >= 11 is 3.68. The maximum absolute atomic E-state index is 12.8. The molecule has 26 heavy (non-hydrogen) atoms. The summed E-state index contributed by atoms with van der Waals surface area (Å²) in [4.78, 5) is 24.5. The molecule has 0 bridgehead atoms. The van der Waals surface area contributed by atoms with Gasteiger partial charge in [-0.2, -0.15) is 0 Å². The first-order chi connectivity index (χ1) is 12.3. The van der Waals surface area contributed by atoms with Crippen LogP contribution in [0.4, 0.5) is 0 Å². The van der Waals surface area contributed by atoms with Crippen LogP contribution in [0.2, 0.25) is 0 Å². The van der Waals surface area contributed by atoms with Gasteiger partial charge < -0.3 is 0 Å². The van der Waals surface area contributed by atoms with E-state index in [1.54, 1.807) is 32.1 Å². The van der Waals surface area contributed by atoms with Crippen LogP contribution in [-0.4, -0.2) is 30.1 Å². The van der Waals surface area contributed by atoms with Crippen LogP contribution in [0.1, 0.15) is 36.5 Å². The number of rotatable bonds is 9. The predicted octanol–water partition coefficient (Wildman–Crippen LogP) is 1.73. The van der Waals surface area contributed by atoms with Crippen LogP contribution < -0.4 is 5.73 Å². The van der Waals surface area contributed by atoms with Gasteiger partial charge in [0.1, 0.15) is 0 Å². The normalized spacial score (nSPS) is 12.7. The molecule has 7 heteroatoms. The molecule has 0 aliphatic carbocycles. The fraction of sp³-hybridized carbons (Fsp3) is 0.211. The van der Waals surface area contributed by atoms with Crippen molar-refractivity contribution in [2.45, 2.75) is 27.2 Å². The van der Waals surface area contributed by atoms with Crippen molar-refractivity contribution in [3.63, 3.8) is 0 Å². The molecule has 135 valence electrons. The zero-order valence-corrected chi connectivity index (χ0v) is 19.1. The summed E-state index contributed by atoms with van der Waals surface area (Å²) in [6.07, 6.45) is 12.9. The van der Waals surface area contributed by atoms with Gasteiger partial charge in [-0.25, -0.2) is 0 Å². The molecular formula is C19H19N3O2VW-2. The third-order valence-electron chi connectivity index (χ3n) is 3.18. The molecule has 1 aromatic heterocycles. The summed E-state index contributed by atoms with van der Waals surface area (Å²) in [5, 5.41) is 4.26. The van der Waals surface area contributed by atoms with E-state index in [0.29, 0.717) is 17.0 Å². The van der Waals surface area contributed by atoms with Crippen LogP contribution >= 0.6 is 0 Å². The Bertz CT molecular complexity index is 845. The topological polar surface area (TPSA) is 78.0 Å². The minimum atomic E-state index is -0.591. The number of amides is 1. The maximum atomic E-state index is 12.8. The van der Waals surface area contributed by atoms with Gasteiger partial charge in [0.25, 0.3) is 0 Å². The molecule has 1 rings (SSSR count). The zero-order valence-electron chi connectivity index (χ0n) is 14.8. The molecule has 5 nitrogen and oxygen atoms in total. The Morgan fingerprint density at radius 1 is 1.42 bits per heavy atom. The average molecular weight is 556 g/mol. The zero-order chi connectivity index (χ0) is 19.7. The van der Waals surface area contributed by atoms with Gasteiger partial charge in [0, 0.05) is 0 Å². The second kappa shape index (κ2) is 11.1. The van der Waals surface area contributed by atoms with Crippen LogP contribution in [0.25, 0.3) is 0 Å². The molecule has 0 aliphatic heterocycles. The summed E-state index contributed by atoms with van der Waals surface area (Å²) in [5.41, 5.74) is 7.30. The first-order valence-corrected chi connectivity index (χ1v) is 10.1. The van der Waals surface area contributed by atoms with Gasteiger partial charge in [0.15, 0.2) is 0 Å². The van der Waals surface area contributed by atoms with Crippen molar-refractivity contribution < 1.29 is 45.9 Å². The summed E-state index contributed by atoms with van der Waals surface area (Å²) in [7, 11) is 0. The molecule has 0 radical (unpaired) electrons. The average Bonchev–Trinajstić information content (AvgIpc) is 2.95. The molecular weight excluding hydrogens is 537 g/mol. The molecule has 1 heterocycles. The molecule has 0 aliphatic rings. The molecule has 0 aromatic carbocycles. The summed E-state index contributed by atoms with van der Waals surface area (Å²) in [6, 6.07) is 1.69. The van der Waals surface area contributed by atoms with E-state index in [0.717, 1.165) is 4.23 Å². The van der Waals surface area contributed by atoms with Gasteiger partial charge in [-0.15, -0.1) is 0 Å². The van der Waals surface area contributed by atoms with E-state index in [9.17, 15) is 9.59 Å². The van der Waals surface area contributed by atoms with Crippen molar-refractivity contribution in [1.29, 1.82) is 0 Å². The third kappa shape index (κ3) is 6.91. The second-order valence-electron chi connectivity index (χ2n) is 5.29. The van der Waals surface area contributed by atoms with Crippen LogP contribution in [0, 0.1) is 19.2 Å². The number of carbonyl (C=O) groups is 2. The number of ketones is 1. The molecule has 0 spiro atoms. The molecule has 2 N–H and O–H groups in total. The van der Waals surface area contributed by atoms with Crippen molar-refractivity contribution in [2.24, 2.45) is 5.73 Å². The fourth-order valence-electron chi connectivity index (χ4n) is 2.10. The van der Waals surface area contributed by atoms with E-state index in [1.165, 1.54) is 24.0 Å². The van der Waals surface area contributed by atoms with Gasteiger partial charge in [-0.1, -0.05) is 0 Å². The first-order valence-electron chi connectivity index (χ1n) is 7.68. The Balaban J connectivity index is 3.15. The van der Waals surface area contributed by atoms with E-state index in [-0.39, 0.29) is 17.8 Å². The minimum absolute atomic E-state index is 0.000301. The molecule has 0 atom stereocenters. The van der Waals surface area contributed by atoms with Crippen LogP contribution in [0.15, 0.2) is 41.5 Å². The van der Waals surface area contributed by atoms with E-state index in [2.05, 4.69) is 34.4 Å². The number of aryl methyl sites for hydroxylation is 1. The molecule has 1 aromatic rings. The van der Waals surface area contributed by atoms with E-state index >= 15 is 0 Å². The van der Waals surface area contributed by atoms with Crippen molar-refractivity contribution in [2.75, 3.05) is 0 Å². The van der Waals surface area contributed by atoms with Gasteiger partial charge in [0.05, 0.1) is 0 Å². The van der Waals surface area contributed by atoms with Crippen molar-refractivity contribution >= 4 is 20.3 Å². The molecule has 0 saturated heterocycles. The van der Waals surface area contributed by atoms with Crippen LogP contribution in [0.3, 0.4) is 0 Å². The number of carbonyl (C=O) groups excluding carboxylic acids is 2. The van der Waals surface area contributed by atoms with Gasteiger partial charge in [-0.3, -0.25) is 0 Å². The Kier molecular flexibility index (Phi) is 9.57. The SMILES string of the molecule is C[C-]=C(CC(=O)c1cc(C)nn1[C-]=C/C=C\[CH]=[W])/C(=C\[C](C)=[V])C(N)=O. The van der Waals surface area contributed by atoms with Gasteiger partial charge >= 0.3 is 174 Å². The molecule has 0 unspecified atom stereocenters. The molecule has 1 amide bonds. The Labute approximate surface area is 173 Å². The summed E-state index contributed by atoms with van der Waals surface area (Å²) in [5.74, 6) is -0.784. The third-order valence-corrected chi connectivity index (χ3v) is 3.95. The standard InChI is InChI=1S/C19H19N3O2.V.W/c1-5-8-9-11-22-17(12-14(4)21-22)18(23)13-15(7-3)16(10-6-2)19(20)24;;/h1,5,8-10,12H,13H2,2-4H3,(H2,20,24);;/q-2;;/b8-5-,16-10+;;.